The van der Waals surface area contributed by atoms with Gasteiger partial charge in [-0.15, -0.1) is 0 Å². The molecule has 0 aliphatic carbocycles. The summed E-state index contributed by atoms with van der Waals surface area (Å²) in [5.74, 6) is 0. The molecule has 2 atom stereocenters. The zero-order chi connectivity index (χ0) is 26.2. The Labute approximate surface area is 219 Å². The number of para-hydroxylation sites is 1. The molecule has 0 bridgehead atoms. The van der Waals surface area contributed by atoms with Crippen LogP contribution in [0.1, 0.15) is 37.1 Å². The number of hydrogen-bond donors (Lipinski definition) is 1. The maximum atomic E-state index is 14.1. The molecule has 0 aliphatic rings. The molecule has 7 nitrogen and oxygen atoms in total. The summed E-state index contributed by atoms with van der Waals surface area (Å²) in [6.07, 6.45) is 3.67. The molecule has 6 rings (SSSR count). The van der Waals surface area contributed by atoms with Crippen molar-refractivity contribution in [3.8, 4) is 16.9 Å². The molecule has 6 aromatic rings. The van der Waals surface area contributed by atoms with Crippen LogP contribution in [0.2, 0.25) is 0 Å². The maximum Gasteiger partial charge on any atom is 0.332 e. The first-order valence-electron chi connectivity index (χ1n) is 12.6. The third kappa shape index (κ3) is 3.98. The maximum absolute atomic E-state index is 14.1. The average molecular weight is 502 g/mol. The molecule has 188 valence electrons. The van der Waals surface area contributed by atoms with Gasteiger partial charge in [0.05, 0.1) is 35.2 Å². The van der Waals surface area contributed by atoms with Crippen LogP contribution in [0.25, 0.3) is 28.0 Å². The lowest BCUT2D eigenvalue weighted by molar-refractivity contribution is 0.519. The van der Waals surface area contributed by atoms with E-state index in [9.17, 15) is 9.59 Å². The van der Waals surface area contributed by atoms with Crippen LogP contribution in [0.3, 0.4) is 0 Å². The van der Waals surface area contributed by atoms with Crippen LogP contribution in [-0.2, 0) is 0 Å². The van der Waals surface area contributed by atoms with Crippen LogP contribution in [-0.4, -0.2) is 23.9 Å². The number of H-pyrrole nitrogens is 1. The van der Waals surface area contributed by atoms with Crippen molar-refractivity contribution in [2.45, 2.75) is 25.9 Å². The number of rotatable bonds is 6. The molecule has 0 aliphatic heterocycles. The van der Waals surface area contributed by atoms with E-state index in [-0.39, 0.29) is 17.3 Å². The lowest BCUT2D eigenvalue weighted by Crippen LogP contribution is -2.43. The van der Waals surface area contributed by atoms with Gasteiger partial charge >= 0.3 is 5.69 Å². The number of hydrogen-bond acceptors (Lipinski definition) is 3. The Morgan fingerprint density at radius 3 is 1.89 bits per heavy atom. The van der Waals surface area contributed by atoms with Crippen molar-refractivity contribution in [1.82, 2.24) is 23.9 Å². The summed E-state index contributed by atoms with van der Waals surface area (Å²) in [6, 6.07) is 30.4. The van der Waals surface area contributed by atoms with E-state index in [0.29, 0.717) is 11.0 Å². The van der Waals surface area contributed by atoms with Gasteiger partial charge in [0.2, 0.25) is 0 Å². The molecule has 0 saturated carbocycles. The van der Waals surface area contributed by atoms with Gasteiger partial charge in [0, 0.05) is 11.8 Å². The third-order valence-electron chi connectivity index (χ3n) is 7.15. The van der Waals surface area contributed by atoms with Gasteiger partial charge < -0.3 is 4.98 Å². The number of benzene rings is 3. The summed E-state index contributed by atoms with van der Waals surface area (Å²) in [4.78, 5) is 31.2. The molecule has 7 heteroatoms. The molecule has 38 heavy (non-hydrogen) atoms. The molecule has 2 unspecified atom stereocenters. The number of aromatic nitrogens is 5. The van der Waals surface area contributed by atoms with E-state index in [1.807, 2.05) is 117 Å². The van der Waals surface area contributed by atoms with Crippen molar-refractivity contribution in [3.05, 3.63) is 141 Å². The quantitative estimate of drug-likeness (QED) is 0.324. The number of nitrogens with zero attached hydrogens (tertiary/aromatic N) is 4. The van der Waals surface area contributed by atoms with E-state index in [4.69, 9.17) is 0 Å². The Bertz CT molecular complexity index is 1830. The summed E-state index contributed by atoms with van der Waals surface area (Å²) in [5.41, 5.74) is 4.60. The minimum Gasteiger partial charge on any atom is -0.349 e. The van der Waals surface area contributed by atoms with Crippen molar-refractivity contribution < 1.29 is 0 Å². The standard InChI is InChI=1S/C31H27N5O2/c1-21(23-12-6-3-7-13-23)35-28-18-27(25-19-32-34(20-25)26-16-10-5-11-17-26)33-29(28)30(37)36(31(35)38)22(2)24-14-8-4-9-15-24/h3-22,33H,1-2H3. The van der Waals surface area contributed by atoms with E-state index < -0.39 is 6.04 Å². The zero-order valence-corrected chi connectivity index (χ0v) is 21.2. The van der Waals surface area contributed by atoms with Gasteiger partial charge in [0.1, 0.15) is 5.52 Å². The second kappa shape index (κ2) is 9.52. The van der Waals surface area contributed by atoms with E-state index in [1.165, 1.54) is 4.57 Å². The Balaban J connectivity index is 1.57. The monoisotopic (exact) mass is 501 g/mol. The van der Waals surface area contributed by atoms with Gasteiger partial charge in [-0.3, -0.25) is 13.9 Å². The fraction of sp³-hybridized carbons (Fsp3) is 0.129. The molecule has 1 N–H and O–H groups in total. The highest BCUT2D eigenvalue weighted by Crippen LogP contribution is 2.27. The molecule has 3 aromatic heterocycles. The second-order valence-corrected chi connectivity index (χ2v) is 9.45. The predicted molar refractivity (Wildman–Crippen MR) is 150 cm³/mol. The first-order valence-corrected chi connectivity index (χ1v) is 12.6. The smallest absolute Gasteiger partial charge is 0.332 e. The first-order chi connectivity index (χ1) is 18.5. The van der Waals surface area contributed by atoms with Gasteiger partial charge in [-0.05, 0) is 43.2 Å². The van der Waals surface area contributed by atoms with Gasteiger partial charge in [0.25, 0.3) is 5.56 Å². The summed E-state index contributed by atoms with van der Waals surface area (Å²) < 4.78 is 4.86. The average Bonchev–Trinajstić information content (AvgIpc) is 3.63. The summed E-state index contributed by atoms with van der Waals surface area (Å²) in [5, 5.41) is 4.51. The highest BCUT2D eigenvalue weighted by molar-refractivity contribution is 5.82. The largest absolute Gasteiger partial charge is 0.349 e. The molecule has 0 saturated heterocycles. The third-order valence-corrected chi connectivity index (χ3v) is 7.15. The summed E-state index contributed by atoms with van der Waals surface area (Å²) in [7, 11) is 0. The molecule has 0 fully saturated rings. The molecular weight excluding hydrogens is 474 g/mol. The molecule has 3 aromatic carbocycles. The Morgan fingerprint density at radius 2 is 1.29 bits per heavy atom. The molecule has 0 amide bonds. The van der Waals surface area contributed by atoms with Crippen LogP contribution in [0.15, 0.2) is 119 Å². The van der Waals surface area contributed by atoms with Crippen LogP contribution in [0.5, 0.6) is 0 Å². The lowest BCUT2D eigenvalue weighted by Gasteiger charge is -2.21. The SMILES string of the molecule is CC(c1ccccc1)n1c(=O)c2[nH]c(-c3cnn(-c4ccccc4)c3)cc2n(C(C)c2ccccc2)c1=O. The van der Waals surface area contributed by atoms with E-state index in [2.05, 4.69) is 10.1 Å². The normalized spacial score (nSPS) is 13.0. The van der Waals surface area contributed by atoms with Crippen LogP contribution < -0.4 is 11.2 Å². The Hall–Kier alpha value is -4.91. The molecular formula is C31H27N5O2. The fourth-order valence-corrected chi connectivity index (χ4v) is 5.04. The first kappa shape index (κ1) is 23.5. The van der Waals surface area contributed by atoms with E-state index in [0.717, 1.165) is 28.1 Å². The number of fused-ring (bicyclic) bond motifs is 1. The highest BCUT2D eigenvalue weighted by atomic mass is 16.2. The van der Waals surface area contributed by atoms with E-state index in [1.54, 1.807) is 15.4 Å². The van der Waals surface area contributed by atoms with Gasteiger partial charge in [-0.25, -0.2) is 9.48 Å². The molecule has 3 heterocycles. The topological polar surface area (TPSA) is 77.6 Å². The second-order valence-electron chi connectivity index (χ2n) is 9.45. The minimum absolute atomic E-state index is 0.295. The van der Waals surface area contributed by atoms with E-state index >= 15 is 0 Å². The fourth-order valence-electron chi connectivity index (χ4n) is 5.04. The zero-order valence-electron chi connectivity index (χ0n) is 21.2. The highest BCUT2D eigenvalue weighted by Gasteiger charge is 2.24. The van der Waals surface area contributed by atoms with Crippen molar-refractivity contribution in [1.29, 1.82) is 0 Å². The van der Waals surface area contributed by atoms with Crippen molar-refractivity contribution in [2.24, 2.45) is 0 Å². The van der Waals surface area contributed by atoms with Crippen molar-refractivity contribution in [3.63, 3.8) is 0 Å². The predicted octanol–water partition coefficient (Wildman–Crippen LogP) is 5.56. The Morgan fingerprint density at radius 1 is 0.737 bits per heavy atom. The van der Waals surface area contributed by atoms with Gasteiger partial charge in [0.15, 0.2) is 0 Å². The summed E-state index contributed by atoms with van der Waals surface area (Å²) >= 11 is 0. The number of aromatic amines is 1. The molecule has 0 spiro atoms. The van der Waals surface area contributed by atoms with Gasteiger partial charge in [-0.2, -0.15) is 5.10 Å². The van der Waals surface area contributed by atoms with Crippen LogP contribution >= 0.6 is 0 Å². The van der Waals surface area contributed by atoms with Crippen molar-refractivity contribution >= 4 is 11.0 Å². The minimum atomic E-state index is -0.442. The van der Waals surface area contributed by atoms with Crippen LogP contribution in [0.4, 0.5) is 0 Å². The Kier molecular flexibility index (Phi) is 5.88. The number of nitrogens with one attached hydrogen (secondary N) is 1. The lowest BCUT2D eigenvalue weighted by atomic mass is 10.1. The van der Waals surface area contributed by atoms with Gasteiger partial charge in [-0.1, -0.05) is 78.9 Å². The summed E-state index contributed by atoms with van der Waals surface area (Å²) in [6.45, 7) is 3.87. The molecule has 0 radical (unpaired) electrons. The van der Waals surface area contributed by atoms with Crippen molar-refractivity contribution in [2.75, 3.05) is 0 Å². The van der Waals surface area contributed by atoms with Crippen LogP contribution in [0, 0.1) is 0 Å².